The van der Waals surface area contributed by atoms with Crippen LogP contribution in [0, 0.1) is 5.92 Å². The minimum atomic E-state index is -0.590. The van der Waals surface area contributed by atoms with Gasteiger partial charge in [0.15, 0.2) is 0 Å². The van der Waals surface area contributed by atoms with Gasteiger partial charge in [0, 0.05) is 6.54 Å². The molecular formula is C22H27N3O4. The van der Waals surface area contributed by atoms with Crippen molar-refractivity contribution in [1.29, 1.82) is 0 Å². The van der Waals surface area contributed by atoms with Crippen LogP contribution in [-0.4, -0.2) is 58.9 Å². The predicted octanol–water partition coefficient (Wildman–Crippen LogP) is 2.39. The quantitative estimate of drug-likeness (QED) is 0.543. The third-order valence-corrected chi connectivity index (χ3v) is 5.35. The number of hydrogen-bond acceptors (Lipinski definition) is 5. The van der Waals surface area contributed by atoms with E-state index in [1.165, 1.54) is 0 Å². The van der Waals surface area contributed by atoms with Crippen molar-refractivity contribution < 1.29 is 14.6 Å². The summed E-state index contributed by atoms with van der Waals surface area (Å²) in [7, 11) is 0. The van der Waals surface area contributed by atoms with Gasteiger partial charge in [-0.1, -0.05) is 24.3 Å². The number of para-hydroxylation sites is 2. The van der Waals surface area contributed by atoms with E-state index >= 15 is 0 Å². The van der Waals surface area contributed by atoms with Crippen molar-refractivity contribution in [3.8, 4) is 11.5 Å². The van der Waals surface area contributed by atoms with E-state index in [9.17, 15) is 9.90 Å². The van der Waals surface area contributed by atoms with Crippen LogP contribution in [0.3, 0.4) is 0 Å². The van der Waals surface area contributed by atoms with Crippen molar-refractivity contribution in [2.75, 3.05) is 32.8 Å². The molecule has 7 nitrogen and oxygen atoms in total. The van der Waals surface area contributed by atoms with E-state index in [1.54, 1.807) is 6.07 Å². The maximum absolute atomic E-state index is 11.5. The lowest BCUT2D eigenvalue weighted by atomic mass is 9.97. The molecule has 2 heterocycles. The van der Waals surface area contributed by atoms with E-state index in [4.69, 9.17) is 9.47 Å². The van der Waals surface area contributed by atoms with Crippen LogP contribution >= 0.6 is 0 Å². The zero-order chi connectivity index (χ0) is 20.1. The van der Waals surface area contributed by atoms with Crippen molar-refractivity contribution in [3.05, 3.63) is 59.0 Å². The van der Waals surface area contributed by atoms with Crippen LogP contribution in [0.5, 0.6) is 11.5 Å². The smallest absolute Gasteiger partial charge is 0.323 e. The van der Waals surface area contributed by atoms with Crippen LogP contribution < -0.4 is 15.2 Å². The maximum Gasteiger partial charge on any atom is 0.323 e. The van der Waals surface area contributed by atoms with Gasteiger partial charge in [-0.25, -0.2) is 4.79 Å². The fraction of sp³-hybridized carbons (Fsp3) is 0.409. The summed E-state index contributed by atoms with van der Waals surface area (Å²) in [6.45, 7) is 3.39. The molecule has 1 unspecified atom stereocenters. The number of imidazole rings is 1. The Balaban J connectivity index is 1.19. The van der Waals surface area contributed by atoms with Gasteiger partial charge in [-0.15, -0.1) is 0 Å². The van der Waals surface area contributed by atoms with Gasteiger partial charge in [0.1, 0.15) is 29.7 Å². The molecular weight excluding hydrogens is 370 g/mol. The number of benzene rings is 2. The first-order chi connectivity index (χ1) is 14.2. The van der Waals surface area contributed by atoms with Gasteiger partial charge >= 0.3 is 5.69 Å². The highest BCUT2D eigenvalue weighted by molar-refractivity contribution is 5.80. The normalized spacial score (nSPS) is 16.7. The highest BCUT2D eigenvalue weighted by Gasteiger charge is 2.22. The monoisotopic (exact) mass is 397 g/mol. The Morgan fingerprint density at radius 2 is 1.83 bits per heavy atom. The number of β-amino-alcohol motifs (C(OH)–C–C–N with tert-alkyl or cyclic N) is 1. The molecule has 0 aliphatic carbocycles. The molecule has 1 saturated heterocycles. The number of nitrogens with zero attached hydrogens (tertiary/aromatic N) is 1. The standard InChI is InChI=1S/C22H27N3O4/c26-17(15-29-20-8-4-7-19-21(20)24-22(27)23-19)13-25-11-9-16(10-12-25)14-28-18-5-2-1-3-6-18/h1-8,16-17,26H,9-15H2,(H2,23,24,27). The van der Waals surface area contributed by atoms with Crippen LogP contribution in [-0.2, 0) is 0 Å². The Kier molecular flexibility index (Phi) is 6.17. The highest BCUT2D eigenvalue weighted by Crippen LogP contribution is 2.22. The summed E-state index contributed by atoms with van der Waals surface area (Å²) in [6, 6.07) is 15.3. The Morgan fingerprint density at radius 3 is 2.62 bits per heavy atom. The van der Waals surface area contributed by atoms with Crippen molar-refractivity contribution in [2.24, 2.45) is 5.92 Å². The van der Waals surface area contributed by atoms with Crippen LogP contribution in [0.2, 0.25) is 0 Å². The van der Waals surface area contributed by atoms with Gasteiger partial charge in [0.05, 0.1) is 12.1 Å². The zero-order valence-electron chi connectivity index (χ0n) is 16.3. The number of H-pyrrole nitrogens is 2. The molecule has 2 aromatic carbocycles. The average molecular weight is 397 g/mol. The number of aliphatic hydroxyl groups is 1. The SMILES string of the molecule is O=c1[nH]c2cccc(OCC(O)CN3CCC(COc4ccccc4)CC3)c2[nH]1. The zero-order valence-corrected chi connectivity index (χ0v) is 16.3. The summed E-state index contributed by atoms with van der Waals surface area (Å²) in [5.41, 5.74) is 1.06. The van der Waals surface area contributed by atoms with E-state index in [0.29, 0.717) is 29.2 Å². The lowest BCUT2D eigenvalue weighted by Gasteiger charge is -2.33. The van der Waals surface area contributed by atoms with E-state index in [-0.39, 0.29) is 12.3 Å². The largest absolute Gasteiger partial charge is 0.493 e. The predicted molar refractivity (Wildman–Crippen MR) is 112 cm³/mol. The van der Waals surface area contributed by atoms with Crippen LogP contribution in [0.25, 0.3) is 11.0 Å². The molecule has 3 aromatic rings. The van der Waals surface area contributed by atoms with Crippen LogP contribution in [0.4, 0.5) is 0 Å². The second kappa shape index (κ2) is 9.15. The number of fused-ring (bicyclic) bond motifs is 1. The molecule has 29 heavy (non-hydrogen) atoms. The Hall–Kier alpha value is -2.77. The molecule has 1 aliphatic heterocycles. The number of aliphatic hydroxyl groups excluding tert-OH is 1. The second-order valence-electron chi connectivity index (χ2n) is 7.59. The van der Waals surface area contributed by atoms with E-state index in [0.717, 1.165) is 38.3 Å². The summed E-state index contributed by atoms with van der Waals surface area (Å²) in [5, 5.41) is 10.4. The fourth-order valence-corrected chi connectivity index (χ4v) is 3.75. The molecule has 0 saturated carbocycles. The Labute approximate surface area is 169 Å². The highest BCUT2D eigenvalue weighted by atomic mass is 16.5. The number of likely N-dealkylation sites (tertiary alicyclic amines) is 1. The second-order valence-corrected chi connectivity index (χ2v) is 7.59. The molecule has 1 aromatic heterocycles. The Morgan fingerprint density at radius 1 is 1.03 bits per heavy atom. The molecule has 4 rings (SSSR count). The van der Waals surface area contributed by atoms with Crippen molar-refractivity contribution in [1.82, 2.24) is 14.9 Å². The Bertz CT molecular complexity index is 961. The van der Waals surface area contributed by atoms with Crippen molar-refractivity contribution >= 4 is 11.0 Å². The topological polar surface area (TPSA) is 90.6 Å². The van der Waals surface area contributed by atoms with Crippen molar-refractivity contribution in [3.63, 3.8) is 0 Å². The molecule has 0 amide bonds. The first kappa shape index (κ1) is 19.5. The number of ether oxygens (including phenoxy) is 2. The minimum absolute atomic E-state index is 0.184. The summed E-state index contributed by atoms with van der Waals surface area (Å²) in [6.07, 6.45) is 1.53. The number of nitrogens with one attached hydrogen (secondary N) is 2. The molecule has 3 N–H and O–H groups in total. The van der Waals surface area contributed by atoms with Gasteiger partial charge in [-0.2, -0.15) is 0 Å². The number of aromatic nitrogens is 2. The first-order valence-electron chi connectivity index (χ1n) is 10.1. The van der Waals surface area contributed by atoms with Gasteiger partial charge < -0.3 is 29.4 Å². The molecule has 1 atom stereocenters. The molecule has 0 spiro atoms. The van der Waals surface area contributed by atoms with Gasteiger partial charge in [0.25, 0.3) is 0 Å². The molecule has 0 bridgehead atoms. The number of hydrogen-bond donors (Lipinski definition) is 3. The van der Waals surface area contributed by atoms with Gasteiger partial charge in [-0.05, 0) is 56.1 Å². The minimum Gasteiger partial charge on any atom is -0.493 e. The first-order valence-corrected chi connectivity index (χ1v) is 10.1. The number of piperidine rings is 1. The molecule has 1 aliphatic rings. The van der Waals surface area contributed by atoms with E-state index < -0.39 is 6.10 Å². The van der Waals surface area contributed by atoms with Gasteiger partial charge in [-0.3, -0.25) is 0 Å². The van der Waals surface area contributed by atoms with Crippen LogP contribution in [0.15, 0.2) is 53.3 Å². The summed E-state index contributed by atoms with van der Waals surface area (Å²) in [4.78, 5) is 19.2. The maximum atomic E-state index is 11.5. The van der Waals surface area contributed by atoms with Gasteiger partial charge in [0.2, 0.25) is 0 Å². The third kappa shape index (κ3) is 5.19. The van der Waals surface area contributed by atoms with Crippen LogP contribution in [0.1, 0.15) is 12.8 Å². The summed E-state index contributed by atoms with van der Waals surface area (Å²) < 4.78 is 11.6. The number of rotatable bonds is 8. The lowest BCUT2D eigenvalue weighted by Crippen LogP contribution is -2.41. The van der Waals surface area contributed by atoms with Crippen molar-refractivity contribution in [2.45, 2.75) is 18.9 Å². The molecule has 7 heteroatoms. The molecule has 154 valence electrons. The summed E-state index contributed by atoms with van der Waals surface area (Å²) >= 11 is 0. The fourth-order valence-electron chi connectivity index (χ4n) is 3.75. The number of aromatic amines is 2. The molecule has 1 fully saturated rings. The van der Waals surface area contributed by atoms with E-state index in [1.807, 2.05) is 42.5 Å². The average Bonchev–Trinajstić information content (AvgIpc) is 3.13. The lowest BCUT2D eigenvalue weighted by molar-refractivity contribution is 0.0506. The molecule has 0 radical (unpaired) electrons. The van der Waals surface area contributed by atoms with E-state index in [2.05, 4.69) is 14.9 Å². The third-order valence-electron chi connectivity index (χ3n) is 5.35. The summed E-state index contributed by atoms with van der Waals surface area (Å²) in [5.74, 6) is 2.03.